The molecule has 0 radical (unpaired) electrons. The average molecular weight is 495 g/mol. The number of nitrogens with zero attached hydrogens (tertiary/aromatic N) is 4. The van der Waals surface area contributed by atoms with Gasteiger partial charge in [0.25, 0.3) is 5.91 Å². The van der Waals surface area contributed by atoms with Gasteiger partial charge >= 0.3 is 6.03 Å². The number of imide groups is 1. The van der Waals surface area contributed by atoms with Crippen molar-refractivity contribution in [2.45, 2.75) is 31.3 Å². The maximum absolute atomic E-state index is 13.8. The molecule has 2 aromatic rings. The van der Waals surface area contributed by atoms with E-state index in [1.165, 1.54) is 10.5 Å². The molecule has 0 aliphatic carbocycles. The lowest BCUT2D eigenvalue weighted by Crippen LogP contribution is -2.56. The van der Waals surface area contributed by atoms with Crippen LogP contribution in [0, 0.1) is 0 Å². The summed E-state index contributed by atoms with van der Waals surface area (Å²) >= 11 is 0. The van der Waals surface area contributed by atoms with Gasteiger partial charge in [0.15, 0.2) is 0 Å². The number of ether oxygens (including phenoxy) is 2. The smallest absolute Gasteiger partial charge is 0.327 e. The number of amides is 3. The summed E-state index contributed by atoms with van der Waals surface area (Å²) in [5.74, 6) is 1.62. The third-order valence-corrected chi connectivity index (χ3v) is 7.40. The van der Waals surface area contributed by atoms with Crippen LogP contribution in [-0.2, 0) is 17.8 Å². The molecule has 0 saturated carbocycles. The highest BCUT2D eigenvalue weighted by Crippen LogP contribution is 2.38. The third-order valence-electron chi connectivity index (χ3n) is 7.40. The van der Waals surface area contributed by atoms with E-state index in [0.717, 1.165) is 36.7 Å². The number of hydrogen-bond donors (Lipinski definition) is 0. The Morgan fingerprint density at radius 1 is 0.889 bits per heavy atom. The normalized spacial score (nSPS) is 17.9. The van der Waals surface area contributed by atoms with Crippen molar-refractivity contribution in [2.75, 3.05) is 61.0 Å². The van der Waals surface area contributed by atoms with Gasteiger partial charge in [0.1, 0.15) is 17.0 Å². The van der Waals surface area contributed by atoms with Gasteiger partial charge in [0.05, 0.1) is 14.2 Å². The Morgan fingerprint density at radius 3 is 2.22 bits per heavy atom. The summed E-state index contributed by atoms with van der Waals surface area (Å²) in [6, 6.07) is 15.9. The second-order valence-corrected chi connectivity index (χ2v) is 9.95. The standard InChI is InChI=1S/C28H38N4O4/c1-29(2)18-19-31-26(33)28(32(27(31)34)15-12-22-8-10-24(35-3)11-9-22)13-16-30(17-14-28)21-23-6-5-7-25(20-23)36-4/h5-11,20H,12-19,21H2,1-4H3. The Balaban J connectivity index is 1.48. The maximum Gasteiger partial charge on any atom is 0.327 e. The Bertz CT molecular complexity index is 1050. The zero-order chi connectivity index (χ0) is 25.7. The largest absolute Gasteiger partial charge is 0.497 e. The number of likely N-dealkylation sites (tertiary alicyclic amines) is 1. The first kappa shape index (κ1) is 26.0. The quantitative estimate of drug-likeness (QED) is 0.473. The van der Waals surface area contributed by atoms with Crippen LogP contribution >= 0.6 is 0 Å². The van der Waals surface area contributed by atoms with Crippen LogP contribution in [0.1, 0.15) is 24.0 Å². The molecule has 36 heavy (non-hydrogen) atoms. The molecule has 0 atom stereocenters. The van der Waals surface area contributed by atoms with Crippen LogP contribution in [0.15, 0.2) is 48.5 Å². The molecule has 3 amide bonds. The lowest BCUT2D eigenvalue weighted by molar-refractivity contribution is -0.135. The second-order valence-electron chi connectivity index (χ2n) is 9.95. The predicted molar refractivity (Wildman–Crippen MR) is 139 cm³/mol. The number of methoxy groups -OCH3 is 2. The first-order chi connectivity index (χ1) is 17.4. The van der Waals surface area contributed by atoms with E-state index in [1.54, 1.807) is 14.2 Å². The highest BCUT2D eigenvalue weighted by atomic mass is 16.5. The SMILES string of the molecule is COc1ccc(CCN2C(=O)N(CCN(C)C)C(=O)C23CCN(Cc2cccc(OC)c2)CC3)cc1. The van der Waals surface area contributed by atoms with Crippen LogP contribution in [0.4, 0.5) is 4.79 Å². The summed E-state index contributed by atoms with van der Waals surface area (Å²) < 4.78 is 10.6. The van der Waals surface area contributed by atoms with E-state index in [2.05, 4.69) is 17.0 Å². The van der Waals surface area contributed by atoms with Gasteiger partial charge in [0, 0.05) is 39.3 Å². The zero-order valence-corrected chi connectivity index (χ0v) is 21.9. The van der Waals surface area contributed by atoms with E-state index >= 15 is 0 Å². The molecule has 8 heteroatoms. The van der Waals surface area contributed by atoms with Crippen molar-refractivity contribution < 1.29 is 19.1 Å². The van der Waals surface area contributed by atoms with Crippen LogP contribution in [0.3, 0.4) is 0 Å². The highest BCUT2D eigenvalue weighted by molar-refractivity contribution is 6.07. The highest BCUT2D eigenvalue weighted by Gasteiger charge is 2.57. The molecule has 194 valence electrons. The number of carbonyl (C=O) groups excluding carboxylic acids is 2. The minimum absolute atomic E-state index is 0.0369. The molecule has 0 unspecified atom stereocenters. The van der Waals surface area contributed by atoms with E-state index in [0.29, 0.717) is 38.9 Å². The monoisotopic (exact) mass is 494 g/mol. The molecule has 0 N–H and O–H groups in total. The van der Waals surface area contributed by atoms with Gasteiger partial charge in [0.2, 0.25) is 0 Å². The Hall–Kier alpha value is -3.10. The van der Waals surface area contributed by atoms with E-state index in [1.807, 2.05) is 60.3 Å². The van der Waals surface area contributed by atoms with Crippen molar-refractivity contribution in [3.63, 3.8) is 0 Å². The number of likely N-dealkylation sites (N-methyl/N-ethyl adjacent to an activating group) is 1. The summed E-state index contributed by atoms with van der Waals surface area (Å²) in [5.41, 5.74) is 1.54. The molecule has 4 rings (SSSR count). The van der Waals surface area contributed by atoms with Crippen molar-refractivity contribution in [3.05, 3.63) is 59.7 Å². The number of piperidine rings is 1. The number of benzene rings is 2. The minimum Gasteiger partial charge on any atom is -0.497 e. The first-order valence-electron chi connectivity index (χ1n) is 12.6. The lowest BCUT2D eigenvalue weighted by atomic mass is 9.85. The average Bonchev–Trinajstić information content (AvgIpc) is 3.08. The molecule has 2 fully saturated rings. The van der Waals surface area contributed by atoms with Crippen molar-refractivity contribution in [1.82, 2.24) is 19.6 Å². The van der Waals surface area contributed by atoms with Crippen molar-refractivity contribution in [1.29, 1.82) is 0 Å². The topological polar surface area (TPSA) is 65.6 Å². The summed E-state index contributed by atoms with van der Waals surface area (Å²) in [7, 11) is 7.24. The molecule has 2 saturated heterocycles. The minimum atomic E-state index is -0.763. The Kier molecular flexibility index (Phi) is 8.16. The van der Waals surface area contributed by atoms with Crippen molar-refractivity contribution in [3.8, 4) is 11.5 Å². The summed E-state index contributed by atoms with van der Waals surface area (Å²) in [5, 5.41) is 0. The number of urea groups is 1. The molecule has 2 aliphatic rings. The molecule has 8 nitrogen and oxygen atoms in total. The van der Waals surface area contributed by atoms with Gasteiger partial charge in [-0.1, -0.05) is 24.3 Å². The number of rotatable bonds is 10. The fourth-order valence-corrected chi connectivity index (χ4v) is 5.22. The molecule has 1 spiro atoms. The van der Waals surface area contributed by atoms with E-state index < -0.39 is 5.54 Å². The second kappa shape index (κ2) is 11.3. The lowest BCUT2D eigenvalue weighted by Gasteiger charge is -2.42. The van der Waals surface area contributed by atoms with Gasteiger partial charge in [-0.05, 0) is 68.8 Å². The molecular formula is C28H38N4O4. The van der Waals surface area contributed by atoms with Crippen LogP contribution < -0.4 is 9.47 Å². The maximum atomic E-state index is 13.8. The van der Waals surface area contributed by atoms with Gasteiger partial charge in [-0.3, -0.25) is 14.6 Å². The van der Waals surface area contributed by atoms with Crippen LogP contribution in [-0.4, -0.2) is 98.1 Å². The summed E-state index contributed by atoms with van der Waals surface area (Å²) in [4.78, 5) is 35.0. The predicted octanol–water partition coefficient (Wildman–Crippen LogP) is 3.11. The third kappa shape index (κ3) is 5.50. The molecule has 0 aromatic heterocycles. The van der Waals surface area contributed by atoms with E-state index in [-0.39, 0.29) is 11.9 Å². The van der Waals surface area contributed by atoms with Crippen LogP contribution in [0.2, 0.25) is 0 Å². The van der Waals surface area contributed by atoms with Gasteiger partial charge < -0.3 is 19.3 Å². The molecule has 2 heterocycles. The van der Waals surface area contributed by atoms with Crippen LogP contribution in [0.25, 0.3) is 0 Å². The Labute approximate surface area is 214 Å². The number of hydrogen-bond acceptors (Lipinski definition) is 6. The first-order valence-corrected chi connectivity index (χ1v) is 12.6. The fraction of sp³-hybridized carbons (Fsp3) is 0.500. The zero-order valence-electron chi connectivity index (χ0n) is 21.9. The molecular weight excluding hydrogens is 456 g/mol. The van der Waals surface area contributed by atoms with Gasteiger partial charge in [-0.25, -0.2) is 4.79 Å². The molecule has 2 aliphatic heterocycles. The van der Waals surface area contributed by atoms with Crippen molar-refractivity contribution >= 4 is 11.9 Å². The number of carbonyl (C=O) groups is 2. The summed E-state index contributed by atoms with van der Waals surface area (Å²) in [6.45, 7) is 3.91. The molecule has 2 aromatic carbocycles. The van der Waals surface area contributed by atoms with Crippen LogP contribution in [0.5, 0.6) is 11.5 Å². The van der Waals surface area contributed by atoms with E-state index in [9.17, 15) is 9.59 Å². The summed E-state index contributed by atoms with van der Waals surface area (Å²) in [6.07, 6.45) is 1.98. The van der Waals surface area contributed by atoms with E-state index in [4.69, 9.17) is 9.47 Å². The van der Waals surface area contributed by atoms with Gasteiger partial charge in [-0.2, -0.15) is 0 Å². The Morgan fingerprint density at radius 2 is 1.58 bits per heavy atom. The fourth-order valence-electron chi connectivity index (χ4n) is 5.22. The van der Waals surface area contributed by atoms with Crippen molar-refractivity contribution in [2.24, 2.45) is 0 Å². The molecule has 0 bridgehead atoms. The van der Waals surface area contributed by atoms with Gasteiger partial charge in [-0.15, -0.1) is 0 Å².